The first-order valence-corrected chi connectivity index (χ1v) is 7.69. The Hall–Kier alpha value is -1.36. The summed E-state index contributed by atoms with van der Waals surface area (Å²) < 4.78 is 0.830. The van der Waals surface area contributed by atoms with Gasteiger partial charge in [-0.05, 0) is 59.8 Å². The van der Waals surface area contributed by atoms with Gasteiger partial charge in [-0.3, -0.25) is 9.59 Å². The van der Waals surface area contributed by atoms with E-state index >= 15 is 0 Å². The minimum absolute atomic E-state index is 0.0783. The second kappa shape index (κ2) is 6.88. The molecule has 2 amide bonds. The molecule has 0 unspecified atom stereocenters. The van der Waals surface area contributed by atoms with Crippen molar-refractivity contribution in [3.63, 3.8) is 0 Å². The lowest BCUT2D eigenvalue weighted by molar-refractivity contribution is -0.135. The molecule has 0 radical (unpaired) electrons. The fourth-order valence-corrected chi connectivity index (χ4v) is 2.90. The molecular weight excluding hydrogens is 320 g/mol. The Balaban J connectivity index is 1.90. The van der Waals surface area contributed by atoms with E-state index in [1.807, 2.05) is 25.1 Å². The smallest absolute Gasteiger partial charge is 0.233 e. The van der Waals surface area contributed by atoms with Crippen molar-refractivity contribution < 1.29 is 9.59 Å². The Morgan fingerprint density at radius 3 is 2.60 bits per heavy atom. The standard InChI is InChI=1S/C15H19BrN2O2/c1-11-5-6-13(12(16)9-11)17-14(19)10-15(20)18-7-3-2-4-8-18/h5-6,9H,2-4,7-8,10H2,1H3,(H,17,19). The van der Waals surface area contributed by atoms with Crippen molar-refractivity contribution in [1.82, 2.24) is 4.90 Å². The molecule has 1 aliphatic heterocycles. The molecule has 0 saturated carbocycles. The zero-order chi connectivity index (χ0) is 14.5. The van der Waals surface area contributed by atoms with Crippen LogP contribution in [-0.4, -0.2) is 29.8 Å². The van der Waals surface area contributed by atoms with Gasteiger partial charge in [0, 0.05) is 17.6 Å². The number of aryl methyl sites for hydroxylation is 1. The van der Waals surface area contributed by atoms with Gasteiger partial charge in [-0.25, -0.2) is 0 Å². The molecule has 1 saturated heterocycles. The minimum Gasteiger partial charge on any atom is -0.342 e. The number of carbonyl (C=O) groups is 2. The first kappa shape index (κ1) is 15.0. The molecule has 4 nitrogen and oxygen atoms in total. The Labute approximate surface area is 127 Å². The fraction of sp³-hybridized carbons (Fsp3) is 0.467. The summed E-state index contributed by atoms with van der Waals surface area (Å²) in [5.41, 5.74) is 1.81. The molecule has 2 rings (SSSR count). The van der Waals surface area contributed by atoms with Crippen molar-refractivity contribution in [3.8, 4) is 0 Å². The average Bonchev–Trinajstić information content (AvgIpc) is 2.43. The normalized spacial score (nSPS) is 15.0. The number of amides is 2. The molecule has 0 atom stereocenters. The van der Waals surface area contributed by atoms with E-state index in [4.69, 9.17) is 0 Å². The molecule has 1 aliphatic rings. The van der Waals surface area contributed by atoms with Crippen LogP contribution in [0.5, 0.6) is 0 Å². The number of hydrogen-bond acceptors (Lipinski definition) is 2. The van der Waals surface area contributed by atoms with Gasteiger partial charge in [-0.1, -0.05) is 6.07 Å². The van der Waals surface area contributed by atoms with Gasteiger partial charge in [-0.2, -0.15) is 0 Å². The van der Waals surface area contributed by atoms with Crippen LogP contribution < -0.4 is 5.32 Å². The van der Waals surface area contributed by atoms with Gasteiger partial charge >= 0.3 is 0 Å². The summed E-state index contributed by atoms with van der Waals surface area (Å²) in [7, 11) is 0. The maximum Gasteiger partial charge on any atom is 0.233 e. The van der Waals surface area contributed by atoms with Crippen LogP contribution in [0.4, 0.5) is 5.69 Å². The molecule has 1 aromatic rings. The van der Waals surface area contributed by atoms with E-state index in [1.54, 1.807) is 4.90 Å². The van der Waals surface area contributed by atoms with Crippen LogP contribution in [0.15, 0.2) is 22.7 Å². The number of piperidine rings is 1. The summed E-state index contributed by atoms with van der Waals surface area (Å²) in [4.78, 5) is 25.7. The zero-order valence-corrected chi connectivity index (χ0v) is 13.2. The van der Waals surface area contributed by atoms with E-state index in [0.29, 0.717) is 5.69 Å². The van der Waals surface area contributed by atoms with E-state index in [0.717, 1.165) is 36.0 Å². The van der Waals surface area contributed by atoms with Crippen molar-refractivity contribution in [1.29, 1.82) is 0 Å². The second-order valence-electron chi connectivity index (χ2n) is 5.15. The van der Waals surface area contributed by atoms with Crippen LogP contribution in [0.3, 0.4) is 0 Å². The lowest BCUT2D eigenvalue weighted by atomic mass is 10.1. The van der Waals surface area contributed by atoms with E-state index in [1.165, 1.54) is 6.42 Å². The molecule has 1 fully saturated rings. The topological polar surface area (TPSA) is 49.4 Å². The molecule has 0 spiro atoms. The van der Waals surface area contributed by atoms with Crippen molar-refractivity contribution >= 4 is 33.4 Å². The van der Waals surface area contributed by atoms with Crippen LogP contribution in [0.2, 0.25) is 0 Å². The van der Waals surface area contributed by atoms with Gasteiger partial charge < -0.3 is 10.2 Å². The number of halogens is 1. The van der Waals surface area contributed by atoms with Crippen molar-refractivity contribution in [2.75, 3.05) is 18.4 Å². The van der Waals surface area contributed by atoms with E-state index < -0.39 is 0 Å². The number of nitrogens with one attached hydrogen (secondary N) is 1. The summed E-state index contributed by atoms with van der Waals surface area (Å²) in [6, 6.07) is 5.69. The minimum atomic E-state index is -0.259. The lowest BCUT2D eigenvalue weighted by Crippen LogP contribution is -2.37. The third-order valence-electron chi connectivity index (χ3n) is 3.42. The van der Waals surface area contributed by atoms with E-state index in [9.17, 15) is 9.59 Å². The molecule has 1 aromatic carbocycles. The average molecular weight is 339 g/mol. The quantitative estimate of drug-likeness (QED) is 0.861. The highest BCUT2D eigenvalue weighted by Crippen LogP contribution is 2.23. The number of nitrogens with zero attached hydrogens (tertiary/aromatic N) is 1. The predicted molar refractivity (Wildman–Crippen MR) is 82.6 cm³/mol. The number of rotatable bonds is 3. The molecule has 108 valence electrons. The molecule has 1 heterocycles. The van der Waals surface area contributed by atoms with Gasteiger partial charge in [-0.15, -0.1) is 0 Å². The molecular formula is C15H19BrN2O2. The maximum absolute atomic E-state index is 12.0. The number of carbonyl (C=O) groups excluding carboxylic acids is 2. The van der Waals surface area contributed by atoms with Crippen LogP contribution in [0.25, 0.3) is 0 Å². The summed E-state index contributed by atoms with van der Waals surface area (Å²) >= 11 is 3.41. The van der Waals surface area contributed by atoms with Crippen molar-refractivity contribution in [3.05, 3.63) is 28.2 Å². The summed E-state index contributed by atoms with van der Waals surface area (Å²) in [6.07, 6.45) is 3.17. The fourth-order valence-electron chi connectivity index (χ4n) is 2.31. The Bertz CT molecular complexity index is 511. The van der Waals surface area contributed by atoms with Crippen LogP contribution >= 0.6 is 15.9 Å². The number of likely N-dealkylation sites (tertiary alicyclic amines) is 1. The number of benzene rings is 1. The largest absolute Gasteiger partial charge is 0.342 e. The number of hydrogen-bond donors (Lipinski definition) is 1. The summed E-state index contributed by atoms with van der Waals surface area (Å²) in [5, 5.41) is 2.77. The Morgan fingerprint density at radius 2 is 1.95 bits per heavy atom. The molecule has 0 aromatic heterocycles. The van der Waals surface area contributed by atoms with Gasteiger partial charge in [0.05, 0.1) is 5.69 Å². The number of anilines is 1. The molecule has 5 heteroatoms. The predicted octanol–water partition coefficient (Wildman–Crippen LogP) is 3.10. The zero-order valence-electron chi connectivity index (χ0n) is 11.6. The van der Waals surface area contributed by atoms with Gasteiger partial charge in [0.1, 0.15) is 6.42 Å². The second-order valence-corrected chi connectivity index (χ2v) is 6.00. The van der Waals surface area contributed by atoms with Gasteiger partial charge in [0.15, 0.2) is 0 Å². The SMILES string of the molecule is Cc1ccc(NC(=O)CC(=O)N2CCCCC2)c(Br)c1. The highest BCUT2D eigenvalue weighted by atomic mass is 79.9. The monoisotopic (exact) mass is 338 g/mol. The maximum atomic E-state index is 12.0. The van der Waals surface area contributed by atoms with Gasteiger partial charge in [0.2, 0.25) is 11.8 Å². The van der Waals surface area contributed by atoms with Crippen molar-refractivity contribution in [2.45, 2.75) is 32.6 Å². The van der Waals surface area contributed by atoms with Crippen LogP contribution in [-0.2, 0) is 9.59 Å². The molecule has 0 aliphatic carbocycles. The van der Waals surface area contributed by atoms with Crippen LogP contribution in [0.1, 0.15) is 31.2 Å². The molecule has 0 bridgehead atoms. The summed E-state index contributed by atoms with van der Waals surface area (Å²) in [5.74, 6) is -0.337. The van der Waals surface area contributed by atoms with Gasteiger partial charge in [0.25, 0.3) is 0 Å². The highest BCUT2D eigenvalue weighted by molar-refractivity contribution is 9.10. The lowest BCUT2D eigenvalue weighted by Gasteiger charge is -2.26. The van der Waals surface area contributed by atoms with Crippen molar-refractivity contribution in [2.24, 2.45) is 0 Å². The molecule has 20 heavy (non-hydrogen) atoms. The Kier molecular flexibility index (Phi) is 5.17. The third kappa shape index (κ3) is 4.07. The Morgan fingerprint density at radius 1 is 1.25 bits per heavy atom. The molecule has 1 N–H and O–H groups in total. The first-order chi connectivity index (χ1) is 9.56. The summed E-state index contributed by atoms with van der Waals surface area (Å²) in [6.45, 7) is 3.54. The van der Waals surface area contributed by atoms with E-state index in [2.05, 4.69) is 21.2 Å². The van der Waals surface area contributed by atoms with Crippen LogP contribution in [0, 0.1) is 6.92 Å². The van der Waals surface area contributed by atoms with E-state index in [-0.39, 0.29) is 18.2 Å². The first-order valence-electron chi connectivity index (χ1n) is 6.90. The highest BCUT2D eigenvalue weighted by Gasteiger charge is 2.19. The third-order valence-corrected chi connectivity index (χ3v) is 4.08.